The topological polar surface area (TPSA) is 61.3 Å². The first-order valence-electron chi connectivity index (χ1n) is 6.93. The minimum Gasteiger partial charge on any atom is -0.495 e. The summed E-state index contributed by atoms with van der Waals surface area (Å²) in [4.78, 5) is 4.56. The molecule has 1 aromatic heterocycles. The van der Waals surface area contributed by atoms with Gasteiger partial charge in [0, 0.05) is 5.56 Å². The summed E-state index contributed by atoms with van der Waals surface area (Å²) < 4.78 is 11.0. The third-order valence-electron chi connectivity index (χ3n) is 3.55. The van der Waals surface area contributed by atoms with Gasteiger partial charge >= 0.3 is 0 Å². The molecule has 0 spiro atoms. The van der Waals surface area contributed by atoms with Crippen LogP contribution in [-0.2, 0) is 0 Å². The van der Waals surface area contributed by atoms with E-state index in [1.165, 1.54) is 5.56 Å². The first-order valence-corrected chi connectivity index (χ1v) is 6.93. The van der Waals surface area contributed by atoms with E-state index in [2.05, 4.69) is 31.0 Å². The van der Waals surface area contributed by atoms with E-state index >= 15 is 0 Å². The second-order valence-corrected chi connectivity index (χ2v) is 5.36. The van der Waals surface area contributed by atoms with Crippen LogP contribution in [0.2, 0.25) is 0 Å². The van der Waals surface area contributed by atoms with Crippen molar-refractivity contribution >= 4 is 16.8 Å². The number of rotatable bonds is 3. The second kappa shape index (κ2) is 5.13. The van der Waals surface area contributed by atoms with Crippen LogP contribution >= 0.6 is 0 Å². The molecule has 21 heavy (non-hydrogen) atoms. The van der Waals surface area contributed by atoms with Crippen molar-refractivity contribution in [3.8, 4) is 17.2 Å². The molecule has 0 saturated heterocycles. The number of aromatic nitrogens is 1. The van der Waals surface area contributed by atoms with Crippen molar-refractivity contribution in [2.75, 3.05) is 12.8 Å². The van der Waals surface area contributed by atoms with E-state index in [1.54, 1.807) is 7.11 Å². The number of nitrogens with zero attached hydrogens (tertiary/aromatic N) is 1. The molecule has 3 rings (SSSR count). The van der Waals surface area contributed by atoms with Gasteiger partial charge in [0.05, 0.1) is 12.8 Å². The summed E-state index contributed by atoms with van der Waals surface area (Å²) >= 11 is 0. The van der Waals surface area contributed by atoms with Crippen molar-refractivity contribution in [1.29, 1.82) is 0 Å². The molecule has 0 aliphatic carbocycles. The standard InChI is InChI=1S/C17H18N2O2/c1-10(2)11-4-7-16-14(9-11)19-17(21-16)12-5-6-15(20-3)13(18)8-12/h4-10H,18H2,1-3H3. The minimum atomic E-state index is 0.464. The first kappa shape index (κ1) is 13.5. The Morgan fingerprint density at radius 1 is 1.14 bits per heavy atom. The van der Waals surface area contributed by atoms with Gasteiger partial charge in [-0.3, -0.25) is 0 Å². The molecule has 0 amide bonds. The fourth-order valence-electron chi connectivity index (χ4n) is 2.29. The van der Waals surface area contributed by atoms with Crippen LogP contribution < -0.4 is 10.5 Å². The van der Waals surface area contributed by atoms with Crippen molar-refractivity contribution in [2.45, 2.75) is 19.8 Å². The largest absolute Gasteiger partial charge is 0.495 e. The predicted octanol–water partition coefficient (Wildman–Crippen LogP) is 4.21. The monoisotopic (exact) mass is 282 g/mol. The molecular weight excluding hydrogens is 264 g/mol. The average Bonchev–Trinajstić information content (AvgIpc) is 2.89. The van der Waals surface area contributed by atoms with Crippen LogP contribution in [0.1, 0.15) is 25.3 Å². The Balaban J connectivity index is 2.06. The van der Waals surface area contributed by atoms with E-state index in [0.29, 0.717) is 23.2 Å². The summed E-state index contributed by atoms with van der Waals surface area (Å²) in [7, 11) is 1.60. The van der Waals surface area contributed by atoms with Crippen molar-refractivity contribution in [3.63, 3.8) is 0 Å². The van der Waals surface area contributed by atoms with Gasteiger partial charge in [0.25, 0.3) is 0 Å². The number of fused-ring (bicyclic) bond motifs is 1. The van der Waals surface area contributed by atoms with Gasteiger partial charge in [-0.05, 0) is 41.8 Å². The normalized spacial score (nSPS) is 11.2. The number of oxazole rings is 1. The average molecular weight is 282 g/mol. The lowest BCUT2D eigenvalue weighted by Crippen LogP contribution is -1.92. The first-order chi connectivity index (χ1) is 10.1. The van der Waals surface area contributed by atoms with Crippen LogP contribution in [0.25, 0.3) is 22.6 Å². The molecule has 0 atom stereocenters. The minimum absolute atomic E-state index is 0.464. The highest BCUT2D eigenvalue weighted by Crippen LogP contribution is 2.30. The lowest BCUT2D eigenvalue weighted by Gasteiger charge is -2.04. The van der Waals surface area contributed by atoms with Crippen LogP contribution in [0, 0.1) is 0 Å². The summed E-state index contributed by atoms with van der Waals surface area (Å²) in [5.74, 6) is 1.68. The maximum Gasteiger partial charge on any atom is 0.227 e. The Bertz CT molecular complexity index is 791. The molecule has 0 aliphatic rings. The van der Waals surface area contributed by atoms with Crippen LogP contribution in [0.3, 0.4) is 0 Å². The molecule has 0 saturated carbocycles. The molecule has 108 valence electrons. The van der Waals surface area contributed by atoms with E-state index < -0.39 is 0 Å². The van der Waals surface area contributed by atoms with Crippen LogP contribution in [0.15, 0.2) is 40.8 Å². The van der Waals surface area contributed by atoms with Gasteiger partial charge < -0.3 is 14.9 Å². The van der Waals surface area contributed by atoms with Crippen LogP contribution in [0.5, 0.6) is 5.75 Å². The molecule has 0 fully saturated rings. The summed E-state index contributed by atoms with van der Waals surface area (Å²) in [6, 6.07) is 11.6. The summed E-state index contributed by atoms with van der Waals surface area (Å²) in [5.41, 5.74) is 10.2. The van der Waals surface area contributed by atoms with Gasteiger partial charge in [-0.2, -0.15) is 0 Å². The zero-order valence-electron chi connectivity index (χ0n) is 12.4. The zero-order valence-corrected chi connectivity index (χ0v) is 12.4. The number of nitrogens with two attached hydrogens (primary N) is 1. The molecule has 3 aromatic rings. The van der Waals surface area contributed by atoms with Gasteiger partial charge in [-0.25, -0.2) is 4.98 Å². The highest BCUT2D eigenvalue weighted by molar-refractivity contribution is 5.78. The molecule has 0 radical (unpaired) electrons. The quantitative estimate of drug-likeness (QED) is 0.731. The summed E-state index contributed by atoms with van der Waals surface area (Å²) in [5, 5.41) is 0. The molecule has 4 nitrogen and oxygen atoms in total. The second-order valence-electron chi connectivity index (χ2n) is 5.36. The molecule has 0 bridgehead atoms. The van der Waals surface area contributed by atoms with Crippen molar-refractivity contribution in [1.82, 2.24) is 4.98 Å². The molecule has 0 aliphatic heterocycles. The lowest BCUT2D eigenvalue weighted by atomic mass is 10.0. The zero-order chi connectivity index (χ0) is 15.0. The fourth-order valence-corrected chi connectivity index (χ4v) is 2.29. The molecular formula is C17H18N2O2. The number of benzene rings is 2. The Labute approximate surface area is 123 Å². The van der Waals surface area contributed by atoms with E-state index in [-0.39, 0.29) is 0 Å². The number of nitrogen functional groups attached to an aromatic ring is 1. The Kier molecular flexibility index (Phi) is 3.29. The third kappa shape index (κ3) is 2.44. The van der Waals surface area contributed by atoms with E-state index in [4.69, 9.17) is 14.9 Å². The van der Waals surface area contributed by atoms with Crippen LogP contribution in [-0.4, -0.2) is 12.1 Å². The van der Waals surface area contributed by atoms with E-state index in [9.17, 15) is 0 Å². The van der Waals surface area contributed by atoms with E-state index in [1.807, 2.05) is 24.3 Å². The maximum absolute atomic E-state index is 5.93. The Morgan fingerprint density at radius 3 is 2.62 bits per heavy atom. The van der Waals surface area contributed by atoms with Crippen molar-refractivity contribution in [2.24, 2.45) is 0 Å². The van der Waals surface area contributed by atoms with Gasteiger partial charge in [0.15, 0.2) is 5.58 Å². The predicted molar refractivity (Wildman–Crippen MR) is 84.5 cm³/mol. The van der Waals surface area contributed by atoms with Crippen LogP contribution in [0.4, 0.5) is 5.69 Å². The van der Waals surface area contributed by atoms with E-state index in [0.717, 1.165) is 16.7 Å². The molecule has 1 heterocycles. The number of anilines is 1. The molecule has 2 aromatic carbocycles. The maximum atomic E-state index is 5.93. The lowest BCUT2D eigenvalue weighted by molar-refractivity contribution is 0.417. The highest BCUT2D eigenvalue weighted by Gasteiger charge is 2.11. The molecule has 4 heteroatoms. The van der Waals surface area contributed by atoms with Gasteiger partial charge in [0.1, 0.15) is 11.3 Å². The smallest absolute Gasteiger partial charge is 0.227 e. The molecule has 2 N–H and O–H groups in total. The number of ether oxygens (including phenoxy) is 1. The van der Waals surface area contributed by atoms with Gasteiger partial charge in [0.2, 0.25) is 5.89 Å². The van der Waals surface area contributed by atoms with Gasteiger partial charge in [-0.1, -0.05) is 19.9 Å². The fraction of sp³-hybridized carbons (Fsp3) is 0.235. The van der Waals surface area contributed by atoms with Gasteiger partial charge in [-0.15, -0.1) is 0 Å². The Hall–Kier alpha value is -2.49. The number of methoxy groups -OCH3 is 1. The Morgan fingerprint density at radius 2 is 1.95 bits per heavy atom. The van der Waals surface area contributed by atoms with Crippen molar-refractivity contribution < 1.29 is 9.15 Å². The SMILES string of the molecule is COc1ccc(-c2nc3cc(C(C)C)ccc3o2)cc1N. The third-order valence-corrected chi connectivity index (χ3v) is 3.55. The number of hydrogen-bond donors (Lipinski definition) is 1. The summed E-state index contributed by atoms with van der Waals surface area (Å²) in [6.45, 7) is 4.32. The number of hydrogen-bond acceptors (Lipinski definition) is 4. The highest BCUT2D eigenvalue weighted by atomic mass is 16.5. The molecule has 0 unspecified atom stereocenters. The summed E-state index contributed by atoms with van der Waals surface area (Å²) in [6.07, 6.45) is 0. The van der Waals surface area contributed by atoms with Crippen molar-refractivity contribution in [3.05, 3.63) is 42.0 Å².